The van der Waals surface area contributed by atoms with E-state index in [0.29, 0.717) is 32.7 Å². The van der Waals surface area contributed by atoms with E-state index in [1.807, 2.05) is 50.8 Å². The normalized spacial score (nSPS) is 34.8. The number of cyclic esters (lactones) is 1. The molecular weight excluding hydrogens is 566 g/mol. The maximum atomic E-state index is 12.8. The fourth-order valence-corrected chi connectivity index (χ4v) is 5.91. The molecular formula is C34H55NO9. The number of hydrogen-bond donors (Lipinski definition) is 3. The van der Waals surface area contributed by atoms with Gasteiger partial charge in [-0.2, -0.15) is 0 Å². The van der Waals surface area contributed by atoms with Gasteiger partial charge >= 0.3 is 11.9 Å². The molecule has 3 aliphatic heterocycles. The van der Waals surface area contributed by atoms with Crippen LogP contribution in [0.5, 0.6) is 0 Å². The summed E-state index contributed by atoms with van der Waals surface area (Å²) in [5.74, 6) is -0.896. The van der Waals surface area contributed by atoms with Gasteiger partial charge in [0, 0.05) is 24.9 Å². The molecule has 3 heterocycles. The van der Waals surface area contributed by atoms with Crippen LogP contribution in [-0.4, -0.2) is 107 Å². The highest BCUT2D eigenvalue weighted by Crippen LogP contribution is 2.36. The molecule has 0 aliphatic carbocycles. The van der Waals surface area contributed by atoms with Crippen LogP contribution in [-0.2, 0) is 28.5 Å². The standard InChI is InChI=1S/C34H55NO9/c1-7-27(37)25(5)33-28(42-33)19-22(2)9-8-10-23(3)32-24(4)11-12-29(43-31(39)21-35-15-17-41-18-16-35)34(6,40)14-13-26(36)20-30(38)44-32/h8-12,22,24-29,32-33,36-37,40H,7,13-21H2,1-6H3. The number of morpholine rings is 1. The highest BCUT2D eigenvalue weighted by atomic mass is 16.6. The Morgan fingerprint density at radius 1 is 1.25 bits per heavy atom. The molecule has 10 heteroatoms. The smallest absolute Gasteiger partial charge is 0.320 e. The molecule has 0 radical (unpaired) electrons. The zero-order valence-electron chi connectivity index (χ0n) is 27.4. The topological polar surface area (TPSA) is 138 Å². The van der Waals surface area contributed by atoms with Gasteiger partial charge in [0.05, 0.1) is 50.6 Å². The molecule has 0 amide bonds. The molecule has 0 aromatic carbocycles. The van der Waals surface area contributed by atoms with Gasteiger partial charge in [-0.15, -0.1) is 0 Å². The molecule has 2 saturated heterocycles. The van der Waals surface area contributed by atoms with Crippen molar-refractivity contribution < 1.29 is 43.9 Å². The van der Waals surface area contributed by atoms with Crippen molar-refractivity contribution in [2.24, 2.45) is 17.8 Å². The van der Waals surface area contributed by atoms with Crippen LogP contribution in [0.15, 0.2) is 36.0 Å². The molecule has 10 atom stereocenters. The predicted molar refractivity (Wildman–Crippen MR) is 167 cm³/mol. The number of carbonyl (C=O) groups is 2. The Morgan fingerprint density at radius 3 is 2.64 bits per heavy atom. The summed E-state index contributed by atoms with van der Waals surface area (Å²) in [7, 11) is 0. The number of rotatable bonds is 11. The second-order valence-electron chi connectivity index (χ2n) is 13.2. The van der Waals surface area contributed by atoms with E-state index in [4.69, 9.17) is 18.9 Å². The number of epoxide rings is 1. The number of allylic oxidation sites excluding steroid dienone is 3. The minimum Gasteiger partial charge on any atom is -0.457 e. The van der Waals surface area contributed by atoms with Gasteiger partial charge in [-0.3, -0.25) is 14.5 Å². The van der Waals surface area contributed by atoms with E-state index in [2.05, 4.69) is 13.0 Å². The first-order valence-corrected chi connectivity index (χ1v) is 16.3. The zero-order chi connectivity index (χ0) is 32.4. The largest absolute Gasteiger partial charge is 0.457 e. The highest BCUT2D eigenvalue weighted by molar-refractivity contribution is 5.72. The highest BCUT2D eigenvalue weighted by Gasteiger charge is 2.45. The zero-order valence-corrected chi connectivity index (χ0v) is 27.4. The van der Waals surface area contributed by atoms with Crippen molar-refractivity contribution in [3.8, 4) is 0 Å². The van der Waals surface area contributed by atoms with Crippen LogP contribution in [0.4, 0.5) is 0 Å². The lowest BCUT2D eigenvalue weighted by Crippen LogP contribution is -2.45. The number of aliphatic hydroxyl groups excluding tert-OH is 2. The first-order chi connectivity index (χ1) is 20.8. The Morgan fingerprint density at radius 2 is 1.95 bits per heavy atom. The minimum absolute atomic E-state index is 0.0972. The van der Waals surface area contributed by atoms with Crippen molar-refractivity contribution >= 4 is 11.9 Å². The van der Waals surface area contributed by atoms with E-state index in [0.717, 1.165) is 12.0 Å². The van der Waals surface area contributed by atoms with E-state index in [-0.39, 0.29) is 61.9 Å². The average molecular weight is 622 g/mol. The van der Waals surface area contributed by atoms with Crippen LogP contribution in [0, 0.1) is 17.8 Å². The van der Waals surface area contributed by atoms with Crippen LogP contribution >= 0.6 is 0 Å². The monoisotopic (exact) mass is 621 g/mol. The van der Waals surface area contributed by atoms with Crippen LogP contribution in [0.2, 0.25) is 0 Å². The maximum absolute atomic E-state index is 12.8. The molecule has 0 aromatic rings. The van der Waals surface area contributed by atoms with Crippen LogP contribution in [0.25, 0.3) is 0 Å². The molecule has 3 rings (SSSR count). The van der Waals surface area contributed by atoms with E-state index >= 15 is 0 Å². The van der Waals surface area contributed by atoms with Crippen molar-refractivity contribution in [1.29, 1.82) is 0 Å². The van der Waals surface area contributed by atoms with Gasteiger partial charge in [-0.25, -0.2) is 0 Å². The summed E-state index contributed by atoms with van der Waals surface area (Å²) in [6.45, 7) is 14.0. The molecule has 10 nitrogen and oxygen atoms in total. The van der Waals surface area contributed by atoms with Gasteiger partial charge in [0.2, 0.25) is 0 Å². The first kappa shape index (κ1) is 36.4. The lowest BCUT2D eigenvalue weighted by Gasteiger charge is -2.33. The van der Waals surface area contributed by atoms with E-state index < -0.39 is 35.9 Å². The average Bonchev–Trinajstić information content (AvgIpc) is 3.74. The summed E-state index contributed by atoms with van der Waals surface area (Å²) in [6.07, 6.45) is 8.43. The number of carbonyl (C=O) groups excluding carboxylic acids is 2. The summed E-state index contributed by atoms with van der Waals surface area (Å²) < 4.78 is 22.8. The van der Waals surface area contributed by atoms with Crippen molar-refractivity contribution in [2.75, 3.05) is 32.8 Å². The summed E-state index contributed by atoms with van der Waals surface area (Å²) in [5.41, 5.74) is -0.630. The molecule has 44 heavy (non-hydrogen) atoms. The van der Waals surface area contributed by atoms with Crippen molar-refractivity contribution in [2.45, 2.75) is 116 Å². The van der Waals surface area contributed by atoms with Gasteiger partial charge < -0.3 is 34.3 Å². The second-order valence-corrected chi connectivity index (χ2v) is 13.2. The predicted octanol–water partition coefficient (Wildman–Crippen LogP) is 3.33. The van der Waals surface area contributed by atoms with Crippen LogP contribution in [0.1, 0.15) is 73.6 Å². The van der Waals surface area contributed by atoms with Crippen LogP contribution in [0.3, 0.4) is 0 Å². The van der Waals surface area contributed by atoms with Gasteiger partial charge in [-0.05, 0) is 57.1 Å². The fraction of sp³-hybridized carbons (Fsp3) is 0.765. The van der Waals surface area contributed by atoms with Gasteiger partial charge in [0.15, 0.2) is 0 Å². The Bertz CT molecular complexity index is 1020. The Balaban J connectivity index is 1.69. The molecule has 2 fully saturated rings. The summed E-state index contributed by atoms with van der Waals surface area (Å²) in [4.78, 5) is 27.6. The first-order valence-electron chi connectivity index (χ1n) is 16.3. The number of nitrogens with zero attached hydrogens (tertiary/aromatic N) is 1. The molecule has 0 bridgehead atoms. The Labute approximate surface area is 263 Å². The van der Waals surface area contributed by atoms with E-state index in [1.54, 1.807) is 13.0 Å². The summed E-state index contributed by atoms with van der Waals surface area (Å²) in [6, 6.07) is 0. The Hall–Kier alpha value is -2.08. The molecule has 250 valence electrons. The molecule has 0 spiro atoms. The van der Waals surface area contributed by atoms with Gasteiger partial charge in [0.25, 0.3) is 0 Å². The van der Waals surface area contributed by atoms with Gasteiger partial charge in [-0.1, -0.05) is 52.0 Å². The lowest BCUT2D eigenvalue weighted by molar-refractivity contribution is -0.161. The summed E-state index contributed by atoms with van der Waals surface area (Å²) >= 11 is 0. The SMILES string of the molecule is CCC(O)C(C)C1OC1CC(C)C=CC=C(C)C1OC(=O)CC(O)CCC(C)(O)C(OC(=O)CN2CCOCC2)C=CC1C. The third-order valence-corrected chi connectivity index (χ3v) is 9.06. The number of esters is 2. The van der Waals surface area contributed by atoms with Crippen molar-refractivity contribution in [1.82, 2.24) is 4.90 Å². The molecule has 0 aromatic heterocycles. The van der Waals surface area contributed by atoms with Crippen LogP contribution < -0.4 is 0 Å². The minimum atomic E-state index is -1.45. The van der Waals surface area contributed by atoms with Crippen molar-refractivity contribution in [3.63, 3.8) is 0 Å². The number of aliphatic hydroxyl groups is 3. The molecule has 3 aliphatic rings. The number of ether oxygens (including phenoxy) is 4. The number of hydrogen-bond acceptors (Lipinski definition) is 10. The van der Waals surface area contributed by atoms with E-state index in [1.165, 1.54) is 0 Å². The fourth-order valence-electron chi connectivity index (χ4n) is 5.91. The Kier molecular flexibility index (Phi) is 14.1. The van der Waals surface area contributed by atoms with Gasteiger partial charge in [0.1, 0.15) is 17.8 Å². The summed E-state index contributed by atoms with van der Waals surface area (Å²) in [5, 5.41) is 32.0. The van der Waals surface area contributed by atoms with Crippen molar-refractivity contribution in [3.05, 3.63) is 36.0 Å². The third-order valence-electron chi connectivity index (χ3n) is 9.06. The third kappa shape index (κ3) is 11.4. The molecule has 3 N–H and O–H groups in total. The second kappa shape index (κ2) is 17.0. The quantitative estimate of drug-likeness (QED) is 0.136. The molecule has 0 saturated carbocycles. The maximum Gasteiger partial charge on any atom is 0.320 e. The lowest BCUT2D eigenvalue weighted by atomic mass is 9.88. The van der Waals surface area contributed by atoms with E-state index in [9.17, 15) is 24.9 Å². The molecule has 10 unspecified atom stereocenters.